The molecule has 0 saturated carbocycles. The quantitative estimate of drug-likeness (QED) is 0.398. The van der Waals surface area contributed by atoms with Crippen molar-refractivity contribution in [3.8, 4) is 0 Å². The summed E-state index contributed by atoms with van der Waals surface area (Å²) in [5.74, 6) is 2.77. The number of hydrogen-bond acceptors (Lipinski definition) is 6. The molecule has 1 aliphatic heterocycles. The Hall–Kier alpha value is -1.97. The van der Waals surface area contributed by atoms with Crippen LogP contribution >= 0.6 is 0 Å². The first-order valence-corrected chi connectivity index (χ1v) is 3.35. The van der Waals surface area contributed by atoms with Crippen LogP contribution < -0.4 is 17.0 Å². The molecule has 0 radical (unpaired) electrons. The van der Waals surface area contributed by atoms with Gasteiger partial charge in [0.15, 0.2) is 0 Å². The molecule has 15 heavy (non-hydrogen) atoms. The number of carboxylic acid groups (broad SMARTS) is 1. The van der Waals surface area contributed by atoms with Crippen LogP contribution in [-0.4, -0.2) is 28.3 Å². The van der Waals surface area contributed by atoms with Gasteiger partial charge in [0.1, 0.15) is 5.84 Å². The van der Waals surface area contributed by atoms with E-state index in [2.05, 4.69) is 10.5 Å². The van der Waals surface area contributed by atoms with Crippen LogP contribution in [0.25, 0.3) is 0 Å². The molecule has 1 aliphatic rings. The molecule has 0 aromatic carbocycles. The van der Waals surface area contributed by atoms with Gasteiger partial charge < -0.3 is 10.8 Å². The predicted molar refractivity (Wildman–Crippen MR) is 43.6 cm³/mol. The van der Waals surface area contributed by atoms with Gasteiger partial charge in [-0.25, -0.2) is 10.6 Å². The van der Waals surface area contributed by atoms with E-state index in [1.807, 2.05) is 0 Å². The number of nitrogens with two attached hydrogens (primary N) is 2. The summed E-state index contributed by atoms with van der Waals surface area (Å²) in [5, 5.41) is 11.8. The minimum atomic E-state index is -5.08. The second-order valence-corrected chi connectivity index (χ2v) is 2.13. The van der Waals surface area contributed by atoms with Crippen molar-refractivity contribution in [1.29, 1.82) is 0 Å². The minimum Gasteiger partial charge on any atom is -0.475 e. The molecule has 6 N–H and O–H groups in total. The first-order valence-electron chi connectivity index (χ1n) is 3.35. The van der Waals surface area contributed by atoms with Gasteiger partial charge in [-0.1, -0.05) is 0 Å². The molecule has 1 rings (SSSR count). The summed E-state index contributed by atoms with van der Waals surface area (Å²) in [7, 11) is 0. The lowest BCUT2D eigenvalue weighted by Gasteiger charge is -2.14. The van der Waals surface area contributed by atoms with Crippen LogP contribution in [0.3, 0.4) is 0 Å². The van der Waals surface area contributed by atoms with Gasteiger partial charge in [0.25, 0.3) is 0 Å². The lowest BCUT2D eigenvalue weighted by Crippen LogP contribution is -2.40. The van der Waals surface area contributed by atoms with Crippen LogP contribution in [0.15, 0.2) is 17.4 Å². The fraction of sp³-hybridized carbons (Fsp3) is 0.200. The number of nitrogens with zero attached hydrogens (tertiary/aromatic N) is 2. The van der Waals surface area contributed by atoms with Crippen LogP contribution in [-0.2, 0) is 4.79 Å². The van der Waals surface area contributed by atoms with Crippen LogP contribution in [0.5, 0.6) is 0 Å². The molecule has 86 valence electrons. The molecule has 0 unspecified atom stereocenters. The zero-order valence-corrected chi connectivity index (χ0v) is 7.19. The minimum absolute atomic E-state index is 0.395. The smallest absolute Gasteiger partial charge is 0.475 e. The Morgan fingerprint density at radius 2 is 2.07 bits per heavy atom. The van der Waals surface area contributed by atoms with Gasteiger partial charge in [0.2, 0.25) is 0 Å². The maximum Gasteiger partial charge on any atom is 0.490 e. The Bertz CT molecular complexity index is 287. The van der Waals surface area contributed by atoms with Crippen molar-refractivity contribution in [2.24, 2.45) is 16.7 Å². The number of nitrogens with one attached hydrogen (secondary N) is 1. The number of hydrazine groups is 2. The summed E-state index contributed by atoms with van der Waals surface area (Å²) < 4.78 is 31.7. The Morgan fingerprint density at radius 1 is 1.60 bits per heavy atom. The second-order valence-electron chi connectivity index (χ2n) is 2.13. The van der Waals surface area contributed by atoms with Crippen LogP contribution in [0, 0.1) is 0 Å². The number of rotatable bonds is 0. The fourth-order valence-electron chi connectivity index (χ4n) is 0.386. The molecule has 0 fully saturated rings. The number of carbonyl (C=O) groups is 1. The van der Waals surface area contributed by atoms with Crippen molar-refractivity contribution in [1.82, 2.24) is 10.7 Å². The Balaban J connectivity index is 0.000000265. The highest BCUT2D eigenvalue weighted by atomic mass is 19.4. The monoisotopic (exact) mass is 227 g/mol. The first kappa shape index (κ1) is 13.0. The van der Waals surface area contributed by atoms with Crippen molar-refractivity contribution in [3.63, 3.8) is 0 Å². The summed E-state index contributed by atoms with van der Waals surface area (Å²) in [6.07, 6.45) is -1.87. The third-order valence-corrected chi connectivity index (χ3v) is 0.927. The molecule has 0 saturated heterocycles. The largest absolute Gasteiger partial charge is 0.490 e. The number of carboxylic acids is 1. The number of hydrazone groups is 1. The van der Waals surface area contributed by atoms with Crippen molar-refractivity contribution in [3.05, 3.63) is 12.3 Å². The van der Waals surface area contributed by atoms with Gasteiger partial charge in [-0.15, -0.1) is 10.3 Å². The highest BCUT2D eigenvalue weighted by Gasteiger charge is 2.38. The van der Waals surface area contributed by atoms with Gasteiger partial charge in [-0.05, 0) is 6.08 Å². The maximum absolute atomic E-state index is 10.6. The molecule has 0 atom stereocenters. The number of halogens is 3. The molecule has 0 spiro atoms. The maximum atomic E-state index is 10.6. The summed E-state index contributed by atoms with van der Waals surface area (Å²) in [5.41, 5.74) is 7.80. The summed E-state index contributed by atoms with van der Waals surface area (Å²) >= 11 is 0. The van der Waals surface area contributed by atoms with E-state index in [-0.39, 0.29) is 0 Å². The average Bonchev–Trinajstić information content (AvgIpc) is 2.02. The van der Waals surface area contributed by atoms with E-state index in [1.165, 1.54) is 0 Å². The van der Waals surface area contributed by atoms with Crippen molar-refractivity contribution in [2.75, 3.05) is 0 Å². The molecule has 7 nitrogen and oxygen atoms in total. The molecule has 0 bridgehead atoms. The fourth-order valence-corrected chi connectivity index (χ4v) is 0.386. The Labute approximate surface area is 81.8 Å². The summed E-state index contributed by atoms with van der Waals surface area (Å²) in [6.45, 7) is 0. The number of aliphatic carboxylic acids is 1. The van der Waals surface area contributed by atoms with Crippen molar-refractivity contribution >= 4 is 11.8 Å². The third kappa shape index (κ3) is 6.15. The number of amidine groups is 1. The highest BCUT2D eigenvalue weighted by molar-refractivity contribution is 5.91. The predicted octanol–water partition coefficient (Wildman–Crippen LogP) is -0.901. The number of hydrogen-bond donors (Lipinski definition) is 4. The van der Waals surface area contributed by atoms with E-state index in [4.69, 9.17) is 21.5 Å². The topological polar surface area (TPSA) is 117 Å². The zero-order valence-electron chi connectivity index (χ0n) is 7.19. The second kappa shape index (κ2) is 5.05. The zero-order chi connectivity index (χ0) is 12.1. The molecule has 1 heterocycles. The van der Waals surface area contributed by atoms with Gasteiger partial charge in [-0.3, -0.25) is 5.43 Å². The SMILES string of the molecule is NC1=NN(N)NC=C1.O=C(O)C(F)(F)F. The van der Waals surface area contributed by atoms with E-state index in [1.54, 1.807) is 12.3 Å². The molecular formula is C5H8F3N5O2. The lowest BCUT2D eigenvalue weighted by molar-refractivity contribution is -0.192. The average molecular weight is 227 g/mol. The molecule has 0 aliphatic carbocycles. The molecule has 0 amide bonds. The van der Waals surface area contributed by atoms with Crippen LogP contribution in [0.4, 0.5) is 13.2 Å². The number of alkyl halides is 3. The van der Waals surface area contributed by atoms with E-state index in [9.17, 15) is 13.2 Å². The lowest BCUT2D eigenvalue weighted by atomic mass is 10.6. The van der Waals surface area contributed by atoms with Gasteiger partial charge >= 0.3 is 12.1 Å². The molecular weight excluding hydrogens is 219 g/mol. The summed E-state index contributed by atoms with van der Waals surface area (Å²) in [4.78, 5) is 8.90. The Kier molecular flexibility index (Phi) is 4.38. The van der Waals surface area contributed by atoms with E-state index in [0.29, 0.717) is 5.84 Å². The van der Waals surface area contributed by atoms with Crippen LogP contribution in [0.1, 0.15) is 0 Å². The van der Waals surface area contributed by atoms with Crippen molar-refractivity contribution in [2.45, 2.75) is 6.18 Å². The van der Waals surface area contributed by atoms with E-state index in [0.717, 1.165) is 5.23 Å². The van der Waals surface area contributed by atoms with Gasteiger partial charge in [0, 0.05) is 6.20 Å². The summed E-state index contributed by atoms with van der Waals surface area (Å²) in [6, 6.07) is 0. The first-order chi connectivity index (χ1) is 6.73. The van der Waals surface area contributed by atoms with Crippen LogP contribution in [0.2, 0.25) is 0 Å². The van der Waals surface area contributed by atoms with E-state index < -0.39 is 12.1 Å². The standard InChI is InChI=1S/C3H7N5.C2HF3O2/c4-3-1-2-6-8(5)7-3;3-2(4,5)1(6)7/h1-2,6H,5H2,(H2,4,7);(H,6,7). The molecule has 0 aromatic rings. The highest BCUT2D eigenvalue weighted by Crippen LogP contribution is 2.13. The molecule has 10 heteroatoms. The van der Waals surface area contributed by atoms with Gasteiger partial charge in [0.05, 0.1) is 0 Å². The van der Waals surface area contributed by atoms with Gasteiger partial charge in [-0.2, -0.15) is 13.2 Å². The normalized spacial score (nSPS) is 14.7. The van der Waals surface area contributed by atoms with E-state index >= 15 is 0 Å². The molecule has 0 aromatic heterocycles. The van der Waals surface area contributed by atoms with Crippen molar-refractivity contribution < 1.29 is 23.1 Å². The third-order valence-electron chi connectivity index (χ3n) is 0.927. The Morgan fingerprint density at radius 3 is 2.27 bits per heavy atom.